The lowest BCUT2D eigenvalue weighted by molar-refractivity contribution is -0.188. The largest absolute Gasteiger partial charge is 0.436 e. The maximum atomic E-state index is 10.9. The van der Waals surface area contributed by atoms with E-state index in [-0.39, 0.29) is 11.4 Å². The number of aliphatic hydroxyl groups excluding tert-OH is 1. The third-order valence-electron chi connectivity index (χ3n) is 2.36. The van der Waals surface area contributed by atoms with Crippen LogP contribution in [0.3, 0.4) is 0 Å². The molecule has 0 amide bonds. The molecule has 0 aromatic rings. The fourth-order valence-corrected chi connectivity index (χ4v) is 1.35. The van der Waals surface area contributed by atoms with Crippen LogP contribution in [0.25, 0.3) is 0 Å². The zero-order valence-electron chi connectivity index (χ0n) is 6.96. The summed E-state index contributed by atoms with van der Waals surface area (Å²) in [6, 6.07) is 0. The molecule has 0 bridgehead atoms. The van der Waals surface area contributed by atoms with Crippen molar-refractivity contribution in [3.05, 3.63) is 0 Å². The molecule has 1 N–H and O–H groups in total. The van der Waals surface area contributed by atoms with E-state index >= 15 is 0 Å². The molecule has 1 aliphatic rings. The lowest BCUT2D eigenvalue weighted by Crippen LogP contribution is -2.35. The molecule has 0 saturated carbocycles. The Labute approximate surface area is 66.4 Å². The molecule has 1 heterocycles. The van der Waals surface area contributed by atoms with E-state index in [1.807, 2.05) is 13.8 Å². The predicted molar refractivity (Wildman–Crippen MR) is 39.7 cm³/mol. The van der Waals surface area contributed by atoms with Crippen LogP contribution in [0, 0.1) is 5.41 Å². The molecule has 1 fully saturated rings. The zero-order chi connectivity index (χ0) is 8.48. The van der Waals surface area contributed by atoms with Gasteiger partial charge in [-0.1, -0.05) is 13.8 Å². The average Bonchev–Trinajstić information content (AvgIpc) is 1.84. The van der Waals surface area contributed by atoms with Gasteiger partial charge in [0, 0.05) is 6.42 Å². The minimum absolute atomic E-state index is 0.0608. The third-order valence-corrected chi connectivity index (χ3v) is 2.36. The molecule has 1 saturated heterocycles. The summed E-state index contributed by atoms with van der Waals surface area (Å²) in [4.78, 5) is 10.9. The summed E-state index contributed by atoms with van der Waals surface area (Å²) < 4.78 is 4.60. The first-order valence-corrected chi connectivity index (χ1v) is 3.93. The van der Waals surface area contributed by atoms with Gasteiger partial charge in [-0.05, 0) is 11.8 Å². The van der Waals surface area contributed by atoms with Crippen LogP contribution in [0.1, 0.15) is 33.1 Å². The van der Waals surface area contributed by atoms with Crippen molar-refractivity contribution >= 4 is 5.97 Å². The maximum absolute atomic E-state index is 10.9. The van der Waals surface area contributed by atoms with Crippen molar-refractivity contribution in [3.8, 4) is 0 Å². The van der Waals surface area contributed by atoms with Gasteiger partial charge in [-0.25, -0.2) is 0 Å². The van der Waals surface area contributed by atoms with Crippen molar-refractivity contribution in [3.63, 3.8) is 0 Å². The molecular formula is C8H14O3. The van der Waals surface area contributed by atoms with Gasteiger partial charge in [0.05, 0.1) is 6.42 Å². The molecular weight excluding hydrogens is 144 g/mol. The number of hydrogen-bond donors (Lipinski definition) is 1. The Bertz CT molecular complexity index is 167. The second-order valence-corrected chi connectivity index (χ2v) is 3.49. The van der Waals surface area contributed by atoms with Gasteiger partial charge in [0.2, 0.25) is 6.29 Å². The molecule has 64 valence electrons. The number of ether oxygens (including phenoxy) is 1. The van der Waals surface area contributed by atoms with E-state index in [0.717, 1.165) is 6.42 Å². The quantitative estimate of drug-likeness (QED) is 0.580. The molecule has 11 heavy (non-hydrogen) atoms. The number of esters is 1. The standard InChI is InChI=1S/C8H14O3/c1-3-8(2)4-6(9)11-7(10)5-8/h6,9H,3-5H2,1-2H3. The average molecular weight is 158 g/mol. The van der Waals surface area contributed by atoms with Gasteiger partial charge in [0.15, 0.2) is 0 Å². The SMILES string of the molecule is CCC1(C)CC(=O)OC(O)C1. The monoisotopic (exact) mass is 158 g/mol. The van der Waals surface area contributed by atoms with E-state index in [4.69, 9.17) is 5.11 Å². The Hall–Kier alpha value is -0.570. The highest BCUT2D eigenvalue weighted by Gasteiger charge is 2.35. The number of aliphatic hydroxyl groups is 1. The van der Waals surface area contributed by atoms with E-state index < -0.39 is 6.29 Å². The maximum Gasteiger partial charge on any atom is 0.308 e. The second kappa shape index (κ2) is 2.81. The molecule has 0 aromatic carbocycles. The van der Waals surface area contributed by atoms with Gasteiger partial charge in [-0.2, -0.15) is 0 Å². The Morgan fingerprint density at radius 1 is 1.82 bits per heavy atom. The van der Waals surface area contributed by atoms with Crippen LogP contribution in [0.5, 0.6) is 0 Å². The molecule has 1 aliphatic heterocycles. The Morgan fingerprint density at radius 2 is 2.45 bits per heavy atom. The van der Waals surface area contributed by atoms with E-state index in [0.29, 0.717) is 12.8 Å². The normalized spacial score (nSPS) is 38.5. The highest BCUT2D eigenvalue weighted by molar-refractivity contribution is 5.71. The number of cyclic esters (lactones) is 1. The highest BCUT2D eigenvalue weighted by Crippen LogP contribution is 2.35. The molecule has 0 aliphatic carbocycles. The van der Waals surface area contributed by atoms with Gasteiger partial charge in [-0.3, -0.25) is 4.79 Å². The molecule has 3 heteroatoms. The van der Waals surface area contributed by atoms with E-state index in [2.05, 4.69) is 4.74 Å². The molecule has 1 rings (SSSR count). The number of hydrogen-bond acceptors (Lipinski definition) is 3. The molecule has 2 unspecified atom stereocenters. The summed E-state index contributed by atoms with van der Waals surface area (Å²) in [7, 11) is 0. The summed E-state index contributed by atoms with van der Waals surface area (Å²) >= 11 is 0. The Balaban J connectivity index is 2.62. The Morgan fingerprint density at radius 3 is 2.91 bits per heavy atom. The molecule has 0 radical (unpaired) electrons. The summed E-state index contributed by atoms with van der Waals surface area (Å²) in [5.41, 5.74) is -0.0608. The lowest BCUT2D eigenvalue weighted by Gasteiger charge is -2.33. The summed E-state index contributed by atoms with van der Waals surface area (Å²) in [6.45, 7) is 4.02. The lowest BCUT2D eigenvalue weighted by atomic mass is 9.79. The van der Waals surface area contributed by atoms with Crippen molar-refractivity contribution in [1.82, 2.24) is 0 Å². The minimum atomic E-state index is -0.888. The van der Waals surface area contributed by atoms with Crippen molar-refractivity contribution < 1.29 is 14.6 Å². The Kier molecular flexibility index (Phi) is 2.18. The van der Waals surface area contributed by atoms with Crippen molar-refractivity contribution in [2.75, 3.05) is 0 Å². The molecule has 0 spiro atoms. The molecule has 2 atom stereocenters. The third kappa shape index (κ3) is 1.93. The van der Waals surface area contributed by atoms with Crippen LogP contribution in [0.15, 0.2) is 0 Å². The van der Waals surface area contributed by atoms with Crippen LogP contribution in [0.4, 0.5) is 0 Å². The number of carbonyl (C=O) groups is 1. The van der Waals surface area contributed by atoms with Crippen molar-refractivity contribution in [2.45, 2.75) is 39.4 Å². The fraction of sp³-hybridized carbons (Fsp3) is 0.875. The van der Waals surface area contributed by atoms with Crippen LogP contribution >= 0.6 is 0 Å². The van der Waals surface area contributed by atoms with Gasteiger partial charge in [0.25, 0.3) is 0 Å². The number of rotatable bonds is 1. The first-order chi connectivity index (χ1) is 5.06. The van der Waals surface area contributed by atoms with E-state index in [1.165, 1.54) is 0 Å². The van der Waals surface area contributed by atoms with Crippen LogP contribution in [-0.2, 0) is 9.53 Å². The number of carbonyl (C=O) groups excluding carboxylic acids is 1. The molecule has 0 aromatic heterocycles. The van der Waals surface area contributed by atoms with E-state index in [1.54, 1.807) is 0 Å². The summed E-state index contributed by atoms with van der Waals surface area (Å²) in [5, 5.41) is 9.10. The predicted octanol–water partition coefficient (Wildman–Crippen LogP) is 1.06. The summed E-state index contributed by atoms with van der Waals surface area (Å²) in [5.74, 6) is -0.284. The van der Waals surface area contributed by atoms with Gasteiger partial charge < -0.3 is 9.84 Å². The van der Waals surface area contributed by atoms with Gasteiger partial charge >= 0.3 is 5.97 Å². The topological polar surface area (TPSA) is 46.5 Å². The van der Waals surface area contributed by atoms with Crippen molar-refractivity contribution in [1.29, 1.82) is 0 Å². The first-order valence-electron chi connectivity index (χ1n) is 3.93. The van der Waals surface area contributed by atoms with E-state index in [9.17, 15) is 4.79 Å². The van der Waals surface area contributed by atoms with Crippen LogP contribution < -0.4 is 0 Å². The van der Waals surface area contributed by atoms with Crippen molar-refractivity contribution in [2.24, 2.45) is 5.41 Å². The highest BCUT2D eigenvalue weighted by atomic mass is 16.6. The second-order valence-electron chi connectivity index (χ2n) is 3.49. The fourth-order valence-electron chi connectivity index (χ4n) is 1.35. The smallest absolute Gasteiger partial charge is 0.308 e. The molecule has 3 nitrogen and oxygen atoms in total. The summed E-state index contributed by atoms with van der Waals surface area (Å²) in [6.07, 6.45) is 1.01. The first kappa shape index (κ1) is 8.53. The van der Waals surface area contributed by atoms with Gasteiger partial charge in [-0.15, -0.1) is 0 Å². The zero-order valence-corrected chi connectivity index (χ0v) is 6.96. The van der Waals surface area contributed by atoms with Crippen LogP contribution in [-0.4, -0.2) is 17.4 Å². The van der Waals surface area contributed by atoms with Gasteiger partial charge in [0.1, 0.15) is 0 Å². The van der Waals surface area contributed by atoms with Crippen LogP contribution in [0.2, 0.25) is 0 Å². The minimum Gasteiger partial charge on any atom is -0.436 e.